The summed E-state index contributed by atoms with van der Waals surface area (Å²) in [6.07, 6.45) is 0. The molecule has 1 aromatic heterocycles. The number of carbonyl (C=O) groups excluding carboxylic acids is 2. The van der Waals surface area contributed by atoms with Gasteiger partial charge in [0.2, 0.25) is 0 Å². The largest absolute Gasteiger partial charge is 0.482 e. The molecule has 24 heavy (non-hydrogen) atoms. The average molecular weight is 396 g/mol. The zero-order chi connectivity index (χ0) is 17.7. The van der Waals surface area contributed by atoms with Gasteiger partial charge in [0.05, 0.1) is 17.1 Å². The van der Waals surface area contributed by atoms with Gasteiger partial charge in [-0.1, -0.05) is 15.9 Å². The van der Waals surface area contributed by atoms with E-state index in [4.69, 9.17) is 9.47 Å². The molecule has 0 aliphatic carbocycles. The fourth-order valence-electron chi connectivity index (χ4n) is 1.99. The Morgan fingerprint density at radius 1 is 1.21 bits per heavy atom. The summed E-state index contributed by atoms with van der Waals surface area (Å²) in [6, 6.07) is 7.04. The lowest BCUT2D eigenvalue weighted by molar-refractivity contribution is -0.149. The summed E-state index contributed by atoms with van der Waals surface area (Å²) >= 11 is 3.31. The fourth-order valence-corrected chi connectivity index (χ4v) is 2.26. The third kappa shape index (κ3) is 4.82. The van der Waals surface area contributed by atoms with E-state index < -0.39 is 11.9 Å². The number of nitrogens with zero attached hydrogens (tertiary/aromatic N) is 2. The number of ether oxygens (including phenoxy) is 2. The Balaban J connectivity index is 1.76. The van der Waals surface area contributed by atoms with Crippen molar-refractivity contribution in [3.05, 3.63) is 40.1 Å². The molecule has 8 heteroatoms. The van der Waals surface area contributed by atoms with E-state index in [2.05, 4.69) is 26.3 Å². The monoisotopic (exact) mass is 395 g/mol. The summed E-state index contributed by atoms with van der Waals surface area (Å²) in [5.41, 5.74) is 2.16. The minimum absolute atomic E-state index is 0.264. The van der Waals surface area contributed by atoms with Crippen LogP contribution in [0.15, 0.2) is 28.7 Å². The number of rotatable bonds is 6. The molecule has 0 spiro atoms. The van der Waals surface area contributed by atoms with E-state index >= 15 is 0 Å². The van der Waals surface area contributed by atoms with Crippen molar-refractivity contribution in [2.45, 2.75) is 13.8 Å². The van der Waals surface area contributed by atoms with E-state index in [1.807, 2.05) is 6.92 Å². The smallest absolute Gasteiger partial charge is 0.344 e. The molecule has 0 unspecified atom stereocenters. The highest BCUT2D eigenvalue weighted by atomic mass is 79.9. The first-order valence-electron chi connectivity index (χ1n) is 7.21. The van der Waals surface area contributed by atoms with Gasteiger partial charge < -0.3 is 14.8 Å². The van der Waals surface area contributed by atoms with Crippen molar-refractivity contribution in [3.63, 3.8) is 0 Å². The molecule has 1 heterocycles. The first kappa shape index (κ1) is 18.0. The minimum atomic E-state index is -0.618. The van der Waals surface area contributed by atoms with Crippen molar-refractivity contribution >= 4 is 33.5 Å². The Morgan fingerprint density at radius 3 is 2.46 bits per heavy atom. The van der Waals surface area contributed by atoms with Gasteiger partial charge in [0.15, 0.2) is 13.2 Å². The van der Waals surface area contributed by atoms with Crippen LogP contribution in [0.2, 0.25) is 0 Å². The maximum Gasteiger partial charge on any atom is 0.344 e. The minimum Gasteiger partial charge on any atom is -0.482 e. The summed E-state index contributed by atoms with van der Waals surface area (Å²) in [5, 5.41) is 6.89. The number of benzene rings is 1. The van der Waals surface area contributed by atoms with Crippen LogP contribution < -0.4 is 10.1 Å². The zero-order valence-electron chi connectivity index (χ0n) is 13.6. The number of esters is 1. The number of hydrogen-bond donors (Lipinski definition) is 1. The van der Waals surface area contributed by atoms with Crippen molar-refractivity contribution in [2.24, 2.45) is 7.05 Å². The van der Waals surface area contributed by atoms with E-state index in [1.54, 1.807) is 42.9 Å². The first-order chi connectivity index (χ1) is 11.4. The zero-order valence-corrected chi connectivity index (χ0v) is 15.2. The van der Waals surface area contributed by atoms with E-state index in [1.165, 1.54) is 0 Å². The molecule has 2 aromatic rings. The van der Waals surface area contributed by atoms with Crippen LogP contribution in [0.25, 0.3) is 0 Å². The predicted octanol–water partition coefficient (Wildman–Crippen LogP) is 2.36. The molecule has 0 saturated heterocycles. The highest BCUT2D eigenvalue weighted by Crippen LogP contribution is 2.18. The van der Waals surface area contributed by atoms with E-state index in [0.717, 1.165) is 10.2 Å². The maximum atomic E-state index is 11.9. The first-order valence-corrected chi connectivity index (χ1v) is 8.00. The molecule has 0 saturated carbocycles. The van der Waals surface area contributed by atoms with E-state index in [9.17, 15) is 9.59 Å². The average Bonchev–Trinajstić information content (AvgIpc) is 2.78. The van der Waals surface area contributed by atoms with Crippen LogP contribution in [-0.4, -0.2) is 34.9 Å². The van der Waals surface area contributed by atoms with Gasteiger partial charge in [-0.25, -0.2) is 4.79 Å². The van der Waals surface area contributed by atoms with Gasteiger partial charge in [0, 0.05) is 11.5 Å². The molecule has 0 bridgehead atoms. The fraction of sp³-hybridized carbons (Fsp3) is 0.312. The van der Waals surface area contributed by atoms with Crippen molar-refractivity contribution in [2.75, 3.05) is 18.5 Å². The summed E-state index contributed by atoms with van der Waals surface area (Å²) < 4.78 is 12.8. The van der Waals surface area contributed by atoms with Crippen molar-refractivity contribution in [3.8, 4) is 5.75 Å². The van der Waals surface area contributed by atoms with Crippen LogP contribution in [-0.2, 0) is 21.4 Å². The molecule has 128 valence electrons. The molecular weight excluding hydrogens is 378 g/mol. The lowest BCUT2D eigenvalue weighted by Gasteiger charge is -2.08. The van der Waals surface area contributed by atoms with Gasteiger partial charge >= 0.3 is 5.97 Å². The Kier molecular flexibility index (Phi) is 5.97. The van der Waals surface area contributed by atoms with Crippen molar-refractivity contribution < 1.29 is 19.1 Å². The second-order valence-corrected chi connectivity index (χ2v) is 6.04. The number of amides is 1. The molecule has 0 radical (unpaired) electrons. The number of aryl methyl sites for hydroxylation is 2. The molecule has 2 rings (SSSR count). The number of aromatic nitrogens is 2. The summed E-state index contributed by atoms with van der Waals surface area (Å²) in [7, 11) is 1.79. The second-order valence-electron chi connectivity index (χ2n) is 5.12. The lowest BCUT2D eigenvalue weighted by Crippen LogP contribution is -2.24. The topological polar surface area (TPSA) is 82.5 Å². The highest BCUT2D eigenvalue weighted by molar-refractivity contribution is 9.10. The van der Waals surface area contributed by atoms with Crippen LogP contribution in [0, 0.1) is 13.8 Å². The van der Waals surface area contributed by atoms with Gasteiger partial charge in [0.25, 0.3) is 5.91 Å². The highest BCUT2D eigenvalue weighted by Gasteiger charge is 2.14. The van der Waals surface area contributed by atoms with Gasteiger partial charge in [-0.15, -0.1) is 0 Å². The van der Waals surface area contributed by atoms with Crippen LogP contribution in [0.1, 0.15) is 11.4 Å². The van der Waals surface area contributed by atoms with Crippen LogP contribution in [0.3, 0.4) is 0 Å². The van der Waals surface area contributed by atoms with Crippen LogP contribution in [0.4, 0.5) is 5.69 Å². The SMILES string of the molecule is Cc1nn(C)c(C)c1NC(=O)COC(=O)COc1ccc(Br)cc1. The standard InChI is InChI=1S/C16H18BrN3O4/c1-10-16(11(2)20(3)19-10)18-14(21)8-24-15(22)9-23-13-6-4-12(17)5-7-13/h4-7H,8-9H2,1-3H3,(H,18,21). The molecule has 0 aliphatic rings. The molecule has 0 aliphatic heterocycles. The molecule has 0 atom stereocenters. The third-order valence-electron chi connectivity index (χ3n) is 3.31. The predicted molar refractivity (Wildman–Crippen MR) is 91.9 cm³/mol. The number of carbonyl (C=O) groups is 2. The molecule has 1 aromatic carbocycles. The van der Waals surface area contributed by atoms with Gasteiger partial charge in [-0.2, -0.15) is 5.10 Å². The number of nitrogens with one attached hydrogen (secondary N) is 1. The summed E-state index contributed by atoms with van der Waals surface area (Å²) in [4.78, 5) is 23.5. The Labute approximate surface area is 148 Å². The number of halogens is 1. The maximum absolute atomic E-state index is 11.9. The normalized spacial score (nSPS) is 10.3. The Morgan fingerprint density at radius 2 is 1.88 bits per heavy atom. The van der Waals surface area contributed by atoms with Gasteiger partial charge in [0.1, 0.15) is 5.75 Å². The molecule has 0 fully saturated rings. The van der Waals surface area contributed by atoms with Crippen LogP contribution in [0.5, 0.6) is 5.75 Å². The molecule has 1 N–H and O–H groups in total. The second kappa shape index (κ2) is 7.96. The quantitative estimate of drug-likeness (QED) is 0.759. The van der Waals surface area contributed by atoms with Gasteiger partial charge in [-0.05, 0) is 38.1 Å². The Bertz CT molecular complexity index is 741. The lowest BCUT2D eigenvalue weighted by atomic mass is 10.3. The molecule has 7 nitrogen and oxygen atoms in total. The van der Waals surface area contributed by atoms with Crippen molar-refractivity contribution in [1.29, 1.82) is 0 Å². The van der Waals surface area contributed by atoms with Gasteiger partial charge in [-0.3, -0.25) is 9.48 Å². The van der Waals surface area contributed by atoms with Crippen molar-refractivity contribution in [1.82, 2.24) is 9.78 Å². The summed E-state index contributed by atoms with van der Waals surface area (Å²) in [5.74, 6) is -0.500. The number of hydrogen-bond acceptors (Lipinski definition) is 5. The Hall–Kier alpha value is -2.35. The van der Waals surface area contributed by atoms with E-state index in [0.29, 0.717) is 17.1 Å². The molecule has 1 amide bonds. The van der Waals surface area contributed by atoms with E-state index in [-0.39, 0.29) is 13.2 Å². The third-order valence-corrected chi connectivity index (χ3v) is 3.84. The van der Waals surface area contributed by atoms with Crippen LogP contribution >= 0.6 is 15.9 Å². The number of anilines is 1. The summed E-state index contributed by atoms with van der Waals surface area (Å²) in [6.45, 7) is 2.99. The molecular formula is C16H18BrN3O4.